The van der Waals surface area contributed by atoms with Crippen LogP contribution in [0, 0.1) is 0 Å². The van der Waals surface area contributed by atoms with Crippen molar-refractivity contribution in [2.75, 3.05) is 0 Å². The average molecular weight is 208 g/mol. The van der Waals surface area contributed by atoms with Gasteiger partial charge in [0.05, 0.1) is 0 Å². The zero-order valence-electron chi connectivity index (χ0n) is 9.75. The van der Waals surface area contributed by atoms with E-state index in [1.807, 2.05) is 0 Å². The van der Waals surface area contributed by atoms with Gasteiger partial charge in [0.15, 0.2) is 5.82 Å². The Labute approximate surface area is 90.7 Å². The number of H-pyrrole nitrogens is 1. The van der Waals surface area contributed by atoms with Crippen LogP contribution in [-0.4, -0.2) is 21.2 Å². The quantitative estimate of drug-likeness (QED) is 0.777. The molecule has 0 spiro atoms. The van der Waals surface area contributed by atoms with Gasteiger partial charge in [0.25, 0.3) is 0 Å². The molecule has 0 radical (unpaired) electrons. The predicted octanol–water partition coefficient (Wildman–Crippen LogP) is 1.70. The lowest BCUT2D eigenvalue weighted by atomic mass is 9.84. The molecule has 3 N–H and O–H groups in total. The maximum Gasteiger partial charge on any atom is 0.158 e. The molecule has 1 fully saturated rings. The van der Waals surface area contributed by atoms with E-state index in [1.165, 1.54) is 6.42 Å². The minimum absolute atomic E-state index is 0.0242. The number of hydrogen-bond acceptors (Lipinski definition) is 3. The summed E-state index contributed by atoms with van der Waals surface area (Å²) in [5.74, 6) is 2.26. The maximum atomic E-state index is 6.14. The van der Waals surface area contributed by atoms with Crippen LogP contribution in [0.5, 0.6) is 0 Å². The Morgan fingerprint density at radius 1 is 1.53 bits per heavy atom. The average Bonchev–Trinajstić information content (AvgIpc) is 2.75. The Kier molecular flexibility index (Phi) is 2.54. The van der Waals surface area contributed by atoms with E-state index >= 15 is 0 Å². The fraction of sp³-hybridized carbons (Fsp3) is 0.818. The second-order valence-corrected chi connectivity index (χ2v) is 5.12. The van der Waals surface area contributed by atoms with Crippen LogP contribution in [0.4, 0.5) is 0 Å². The highest BCUT2D eigenvalue weighted by molar-refractivity contribution is 5.14. The van der Waals surface area contributed by atoms with Gasteiger partial charge in [-0.25, -0.2) is 4.98 Å². The van der Waals surface area contributed by atoms with E-state index in [4.69, 9.17) is 5.73 Å². The van der Waals surface area contributed by atoms with Gasteiger partial charge in [-0.05, 0) is 12.8 Å². The largest absolute Gasteiger partial charge is 0.327 e. The van der Waals surface area contributed by atoms with Crippen molar-refractivity contribution in [2.24, 2.45) is 5.73 Å². The lowest BCUT2D eigenvalue weighted by Crippen LogP contribution is -2.39. The minimum Gasteiger partial charge on any atom is -0.327 e. The van der Waals surface area contributed by atoms with Crippen molar-refractivity contribution < 1.29 is 0 Å². The van der Waals surface area contributed by atoms with E-state index in [9.17, 15) is 0 Å². The summed E-state index contributed by atoms with van der Waals surface area (Å²) in [7, 11) is 0. The molecule has 84 valence electrons. The Bertz CT molecular complexity index is 344. The molecule has 1 aliphatic rings. The van der Waals surface area contributed by atoms with Gasteiger partial charge in [0.1, 0.15) is 5.82 Å². The Hall–Kier alpha value is -0.900. The molecule has 4 heteroatoms. The molecule has 2 atom stereocenters. The van der Waals surface area contributed by atoms with Gasteiger partial charge in [-0.1, -0.05) is 27.2 Å². The van der Waals surface area contributed by atoms with Crippen molar-refractivity contribution in [1.29, 1.82) is 0 Å². The van der Waals surface area contributed by atoms with E-state index in [1.54, 1.807) is 0 Å². The summed E-state index contributed by atoms with van der Waals surface area (Å²) in [5.41, 5.74) is 6.11. The predicted molar refractivity (Wildman–Crippen MR) is 59.7 cm³/mol. The van der Waals surface area contributed by atoms with Gasteiger partial charge in [0, 0.05) is 17.4 Å². The van der Waals surface area contributed by atoms with Gasteiger partial charge in [0.2, 0.25) is 0 Å². The van der Waals surface area contributed by atoms with E-state index in [2.05, 4.69) is 36.0 Å². The first-order valence-corrected chi connectivity index (χ1v) is 5.72. The van der Waals surface area contributed by atoms with Crippen molar-refractivity contribution in [2.45, 2.75) is 57.4 Å². The normalized spacial score (nSPS) is 31.4. The molecule has 1 saturated carbocycles. The van der Waals surface area contributed by atoms with E-state index in [-0.39, 0.29) is 11.5 Å². The fourth-order valence-electron chi connectivity index (χ4n) is 2.26. The van der Waals surface area contributed by atoms with E-state index < -0.39 is 0 Å². The summed E-state index contributed by atoms with van der Waals surface area (Å²) < 4.78 is 0. The second-order valence-electron chi connectivity index (χ2n) is 5.12. The van der Waals surface area contributed by atoms with Crippen molar-refractivity contribution >= 4 is 0 Å². The zero-order chi connectivity index (χ0) is 11.1. The van der Waals surface area contributed by atoms with Crippen LogP contribution in [0.2, 0.25) is 0 Å². The first-order chi connectivity index (χ1) is 7.04. The standard InChI is InChI=1S/C11H20N4/c1-7(2)9-13-10(15-14-9)11(3)6-4-5-8(11)12/h7-8H,4-6,12H2,1-3H3,(H,13,14,15). The zero-order valence-corrected chi connectivity index (χ0v) is 9.75. The lowest BCUT2D eigenvalue weighted by molar-refractivity contribution is 0.405. The van der Waals surface area contributed by atoms with Crippen molar-refractivity contribution in [1.82, 2.24) is 15.2 Å². The molecule has 0 aliphatic heterocycles. The molecular weight excluding hydrogens is 188 g/mol. The van der Waals surface area contributed by atoms with Gasteiger partial charge in [-0.2, -0.15) is 5.10 Å². The third kappa shape index (κ3) is 1.67. The number of aromatic amines is 1. The highest BCUT2D eigenvalue weighted by atomic mass is 15.2. The molecule has 1 heterocycles. The number of nitrogens with two attached hydrogens (primary N) is 1. The third-order valence-electron chi connectivity index (χ3n) is 3.59. The summed E-state index contributed by atoms with van der Waals surface area (Å²) in [6, 6.07) is 0.202. The fourth-order valence-corrected chi connectivity index (χ4v) is 2.26. The minimum atomic E-state index is -0.0242. The lowest BCUT2D eigenvalue weighted by Gasteiger charge is -2.25. The summed E-state index contributed by atoms with van der Waals surface area (Å²) in [4.78, 5) is 4.57. The molecule has 0 bridgehead atoms. The van der Waals surface area contributed by atoms with Crippen LogP contribution in [0.1, 0.15) is 57.6 Å². The Morgan fingerprint density at radius 2 is 2.27 bits per heavy atom. The number of rotatable bonds is 2. The topological polar surface area (TPSA) is 67.6 Å². The molecular formula is C11H20N4. The number of nitrogens with zero attached hydrogens (tertiary/aromatic N) is 2. The molecule has 0 saturated heterocycles. The summed E-state index contributed by atoms with van der Waals surface area (Å²) in [6.45, 7) is 6.40. The van der Waals surface area contributed by atoms with Crippen LogP contribution < -0.4 is 5.73 Å². The first-order valence-electron chi connectivity index (χ1n) is 5.72. The summed E-state index contributed by atoms with van der Waals surface area (Å²) in [5, 5.41) is 7.34. The van der Waals surface area contributed by atoms with E-state index in [0.717, 1.165) is 24.5 Å². The number of aromatic nitrogens is 3. The third-order valence-corrected chi connectivity index (χ3v) is 3.59. The van der Waals surface area contributed by atoms with Crippen LogP contribution >= 0.6 is 0 Å². The van der Waals surface area contributed by atoms with Crippen molar-refractivity contribution in [3.8, 4) is 0 Å². The maximum absolute atomic E-state index is 6.14. The van der Waals surface area contributed by atoms with Crippen LogP contribution in [0.25, 0.3) is 0 Å². The Balaban J connectivity index is 2.28. The second kappa shape index (κ2) is 3.59. The van der Waals surface area contributed by atoms with Gasteiger partial charge >= 0.3 is 0 Å². The van der Waals surface area contributed by atoms with Crippen molar-refractivity contribution in [3.63, 3.8) is 0 Å². The SMILES string of the molecule is CC(C)c1nc(C2(C)CCCC2N)n[nH]1. The van der Waals surface area contributed by atoms with Crippen LogP contribution in [-0.2, 0) is 5.41 Å². The molecule has 1 aromatic rings. The van der Waals surface area contributed by atoms with Crippen LogP contribution in [0.15, 0.2) is 0 Å². The summed E-state index contributed by atoms with van der Waals surface area (Å²) >= 11 is 0. The molecule has 0 amide bonds. The van der Waals surface area contributed by atoms with Crippen molar-refractivity contribution in [3.05, 3.63) is 11.6 Å². The monoisotopic (exact) mass is 208 g/mol. The number of hydrogen-bond donors (Lipinski definition) is 2. The van der Waals surface area contributed by atoms with Crippen LogP contribution in [0.3, 0.4) is 0 Å². The molecule has 2 rings (SSSR count). The highest BCUT2D eigenvalue weighted by Crippen LogP contribution is 2.38. The van der Waals surface area contributed by atoms with Gasteiger partial charge in [-0.3, -0.25) is 5.10 Å². The smallest absolute Gasteiger partial charge is 0.158 e. The Morgan fingerprint density at radius 3 is 2.73 bits per heavy atom. The van der Waals surface area contributed by atoms with Gasteiger partial charge in [-0.15, -0.1) is 0 Å². The molecule has 15 heavy (non-hydrogen) atoms. The first kappa shape index (κ1) is 10.6. The van der Waals surface area contributed by atoms with E-state index in [0.29, 0.717) is 5.92 Å². The molecule has 1 aromatic heterocycles. The highest BCUT2D eigenvalue weighted by Gasteiger charge is 2.41. The number of nitrogens with one attached hydrogen (secondary N) is 1. The molecule has 0 aromatic carbocycles. The molecule has 1 aliphatic carbocycles. The van der Waals surface area contributed by atoms with Gasteiger partial charge < -0.3 is 5.73 Å². The molecule has 2 unspecified atom stereocenters. The molecule has 4 nitrogen and oxygen atoms in total. The summed E-state index contributed by atoms with van der Waals surface area (Å²) in [6.07, 6.45) is 3.37.